The average molecular weight is 555 g/mol. The minimum Gasteiger partial charge on any atom is -0.481 e. The zero-order valence-electron chi connectivity index (χ0n) is 24.3. The van der Waals surface area contributed by atoms with E-state index in [1.54, 1.807) is 0 Å². The van der Waals surface area contributed by atoms with Crippen LogP contribution in [0.5, 0.6) is 0 Å². The summed E-state index contributed by atoms with van der Waals surface area (Å²) in [5.74, 6) is -4.62. The van der Waals surface area contributed by atoms with E-state index in [1.807, 2.05) is 0 Å². The fourth-order valence-corrected chi connectivity index (χ4v) is 6.80. The Morgan fingerprint density at radius 1 is 0.590 bits per heavy atom. The van der Waals surface area contributed by atoms with Crippen molar-refractivity contribution in [1.29, 1.82) is 0 Å². The smallest absolute Gasteiger partial charge is 0.317 e. The molecular formula is C31H54O8. The molecule has 0 spiro atoms. The van der Waals surface area contributed by atoms with Crippen LogP contribution in [0.3, 0.4) is 0 Å². The Bertz CT molecular complexity index is 708. The predicted molar refractivity (Wildman–Crippen MR) is 151 cm³/mol. The van der Waals surface area contributed by atoms with Crippen molar-refractivity contribution in [3.63, 3.8) is 0 Å². The molecular weight excluding hydrogens is 500 g/mol. The third-order valence-corrected chi connectivity index (χ3v) is 9.03. The maximum atomic E-state index is 11.0. The van der Waals surface area contributed by atoms with Gasteiger partial charge in [0.25, 0.3) is 0 Å². The average Bonchev–Trinajstić information content (AvgIpc) is 3.00. The molecule has 0 radical (unpaired) electrons. The highest BCUT2D eigenvalue weighted by Gasteiger charge is 2.34. The lowest BCUT2D eigenvalue weighted by molar-refractivity contribution is -0.156. The van der Waals surface area contributed by atoms with E-state index in [-0.39, 0.29) is 12.8 Å². The van der Waals surface area contributed by atoms with E-state index in [1.165, 1.54) is 57.8 Å². The Morgan fingerprint density at radius 2 is 1.00 bits per heavy atom. The molecule has 8 heteroatoms. The van der Waals surface area contributed by atoms with Gasteiger partial charge in [-0.2, -0.15) is 0 Å². The Kier molecular flexibility index (Phi) is 17.8. The SMILES string of the molecule is CCCC1CCCC(C)C(CCCCCCCC(C(=O)O)C(=O)O)C1CCCCCCCC(C(=O)O)C(=O)O. The third kappa shape index (κ3) is 13.7. The first-order valence-electron chi connectivity index (χ1n) is 15.5. The number of unbranched alkanes of at least 4 members (excludes halogenated alkanes) is 8. The van der Waals surface area contributed by atoms with E-state index < -0.39 is 35.7 Å². The normalized spacial score (nSPS) is 21.6. The molecule has 1 rings (SSSR count). The summed E-state index contributed by atoms with van der Waals surface area (Å²) in [4.78, 5) is 44.2. The summed E-state index contributed by atoms with van der Waals surface area (Å²) in [5.41, 5.74) is 0. The first kappa shape index (κ1) is 34.9. The van der Waals surface area contributed by atoms with Gasteiger partial charge in [-0.25, -0.2) is 0 Å². The van der Waals surface area contributed by atoms with Gasteiger partial charge in [0.15, 0.2) is 11.8 Å². The van der Waals surface area contributed by atoms with Crippen molar-refractivity contribution >= 4 is 23.9 Å². The molecule has 4 atom stereocenters. The maximum absolute atomic E-state index is 11.0. The van der Waals surface area contributed by atoms with Gasteiger partial charge in [-0.05, 0) is 49.4 Å². The highest BCUT2D eigenvalue weighted by atomic mass is 16.4. The number of hydrogen-bond acceptors (Lipinski definition) is 4. The lowest BCUT2D eigenvalue weighted by Crippen LogP contribution is -2.26. The van der Waals surface area contributed by atoms with Gasteiger partial charge in [0.05, 0.1) is 0 Å². The Balaban J connectivity index is 2.49. The molecule has 0 saturated heterocycles. The van der Waals surface area contributed by atoms with Crippen molar-refractivity contribution in [2.75, 3.05) is 0 Å². The van der Waals surface area contributed by atoms with Crippen LogP contribution in [-0.4, -0.2) is 44.3 Å². The predicted octanol–water partition coefficient (Wildman–Crippen LogP) is 7.49. The van der Waals surface area contributed by atoms with Crippen LogP contribution < -0.4 is 0 Å². The van der Waals surface area contributed by atoms with Gasteiger partial charge in [0.1, 0.15) is 0 Å². The zero-order chi connectivity index (χ0) is 29.2. The van der Waals surface area contributed by atoms with Gasteiger partial charge in [0.2, 0.25) is 0 Å². The lowest BCUT2D eigenvalue weighted by atomic mass is 9.70. The van der Waals surface area contributed by atoms with E-state index >= 15 is 0 Å². The van der Waals surface area contributed by atoms with Crippen LogP contribution >= 0.6 is 0 Å². The molecule has 226 valence electrons. The number of hydrogen-bond donors (Lipinski definition) is 4. The van der Waals surface area contributed by atoms with Crippen molar-refractivity contribution in [2.45, 2.75) is 136 Å². The molecule has 1 fully saturated rings. The topological polar surface area (TPSA) is 149 Å². The molecule has 8 nitrogen and oxygen atoms in total. The summed E-state index contributed by atoms with van der Waals surface area (Å²) < 4.78 is 0. The summed E-state index contributed by atoms with van der Waals surface area (Å²) in [5, 5.41) is 36.1. The molecule has 0 amide bonds. The summed E-state index contributed by atoms with van der Waals surface area (Å²) in [6, 6.07) is 0. The second-order valence-electron chi connectivity index (χ2n) is 11.9. The summed E-state index contributed by atoms with van der Waals surface area (Å²) >= 11 is 0. The molecule has 4 N–H and O–H groups in total. The first-order chi connectivity index (χ1) is 18.6. The van der Waals surface area contributed by atoms with Crippen molar-refractivity contribution in [3.05, 3.63) is 0 Å². The van der Waals surface area contributed by atoms with Crippen molar-refractivity contribution in [3.8, 4) is 0 Å². The van der Waals surface area contributed by atoms with E-state index in [0.29, 0.717) is 18.8 Å². The van der Waals surface area contributed by atoms with E-state index in [0.717, 1.165) is 56.3 Å². The highest BCUT2D eigenvalue weighted by Crippen LogP contribution is 2.44. The summed E-state index contributed by atoms with van der Waals surface area (Å²) in [6.45, 7) is 4.70. The van der Waals surface area contributed by atoms with Gasteiger partial charge >= 0.3 is 23.9 Å². The number of carboxylic acids is 4. The second-order valence-corrected chi connectivity index (χ2v) is 11.9. The second kappa shape index (κ2) is 19.9. The van der Waals surface area contributed by atoms with Crippen LogP contribution in [0, 0.1) is 35.5 Å². The Morgan fingerprint density at radius 3 is 1.44 bits per heavy atom. The van der Waals surface area contributed by atoms with Crippen molar-refractivity contribution < 1.29 is 39.6 Å². The molecule has 0 bridgehead atoms. The molecule has 1 aliphatic rings. The lowest BCUT2D eigenvalue weighted by Gasteiger charge is -2.35. The molecule has 0 aliphatic heterocycles. The van der Waals surface area contributed by atoms with E-state index in [2.05, 4.69) is 13.8 Å². The van der Waals surface area contributed by atoms with E-state index in [9.17, 15) is 19.2 Å². The number of carboxylic acid groups (broad SMARTS) is 4. The van der Waals surface area contributed by atoms with Gasteiger partial charge < -0.3 is 20.4 Å². The van der Waals surface area contributed by atoms with Crippen molar-refractivity contribution in [1.82, 2.24) is 0 Å². The van der Waals surface area contributed by atoms with Gasteiger partial charge in [-0.3, -0.25) is 19.2 Å². The zero-order valence-corrected chi connectivity index (χ0v) is 24.3. The van der Waals surface area contributed by atoms with Crippen LogP contribution in [0.25, 0.3) is 0 Å². The molecule has 0 heterocycles. The third-order valence-electron chi connectivity index (χ3n) is 9.03. The minimum atomic E-state index is -1.29. The molecule has 4 unspecified atom stereocenters. The quantitative estimate of drug-likeness (QED) is 0.0611. The Labute approximate surface area is 235 Å². The number of carbonyl (C=O) groups is 4. The number of rotatable bonds is 22. The maximum Gasteiger partial charge on any atom is 0.317 e. The largest absolute Gasteiger partial charge is 0.481 e. The number of aliphatic carboxylic acids is 4. The molecule has 0 aromatic rings. The summed E-state index contributed by atoms with van der Waals surface area (Å²) in [7, 11) is 0. The minimum absolute atomic E-state index is 0.199. The standard InChI is InChI=1S/C31H54O8/c1-3-15-23-17-14-16-22(2)24(18-10-6-4-8-12-20-26(28(32)33)29(34)35)25(23)19-11-7-5-9-13-21-27(30(36)37)31(38)39/h22-27H,3-21H2,1-2H3,(H,32,33)(H,34,35)(H,36,37)(H,38,39). The van der Waals surface area contributed by atoms with Gasteiger partial charge in [-0.1, -0.05) is 110 Å². The van der Waals surface area contributed by atoms with Crippen molar-refractivity contribution in [2.24, 2.45) is 35.5 Å². The van der Waals surface area contributed by atoms with Crippen LogP contribution in [0.15, 0.2) is 0 Å². The fraction of sp³-hybridized carbons (Fsp3) is 0.871. The molecule has 0 aromatic carbocycles. The molecule has 39 heavy (non-hydrogen) atoms. The Hall–Kier alpha value is -2.12. The first-order valence-corrected chi connectivity index (χ1v) is 15.5. The molecule has 0 aromatic heterocycles. The van der Waals surface area contributed by atoms with Gasteiger partial charge in [-0.15, -0.1) is 0 Å². The molecule has 1 aliphatic carbocycles. The van der Waals surface area contributed by atoms with E-state index in [4.69, 9.17) is 20.4 Å². The van der Waals surface area contributed by atoms with Crippen LogP contribution in [-0.2, 0) is 19.2 Å². The van der Waals surface area contributed by atoms with Crippen LogP contribution in [0.1, 0.15) is 136 Å². The monoisotopic (exact) mass is 554 g/mol. The fourth-order valence-electron chi connectivity index (χ4n) is 6.80. The molecule has 1 saturated carbocycles. The van der Waals surface area contributed by atoms with Crippen LogP contribution in [0.4, 0.5) is 0 Å². The highest BCUT2D eigenvalue weighted by molar-refractivity contribution is 5.93. The van der Waals surface area contributed by atoms with Gasteiger partial charge in [0, 0.05) is 0 Å². The van der Waals surface area contributed by atoms with Crippen LogP contribution in [0.2, 0.25) is 0 Å². The summed E-state index contributed by atoms with van der Waals surface area (Å²) in [6.07, 6.45) is 18.9.